The van der Waals surface area contributed by atoms with E-state index in [0.29, 0.717) is 29.2 Å². The van der Waals surface area contributed by atoms with Gasteiger partial charge in [0.05, 0.1) is 42.3 Å². The van der Waals surface area contributed by atoms with E-state index < -0.39 is 34.6 Å². The van der Waals surface area contributed by atoms with Crippen LogP contribution < -0.4 is 10.5 Å². The number of nitrogens with zero attached hydrogens (tertiary/aromatic N) is 6. The van der Waals surface area contributed by atoms with Crippen molar-refractivity contribution >= 4 is 27.0 Å². The van der Waals surface area contributed by atoms with Crippen molar-refractivity contribution in [2.45, 2.75) is 44.4 Å². The molecule has 3 aromatic heterocycles. The van der Waals surface area contributed by atoms with Crippen molar-refractivity contribution in [3.8, 4) is 0 Å². The number of nitrogens with two attached hydrogens (primary N) is 1. The van der Waals surface area contributed by atoms with Crippen LogP contribution in [0.1, 0.15) is 24.0 Å². The van der Waals surface area contributed by atoms with E-state index in [0.717, 1.165) is 5.69 Å². The molecule has 1 aliphatic heterocycles. The lowest BCUT2D eigenvalue weighted by Crippen LogP contribution is -2.33. The Hall–Kier alpha value is -2.78. The van der Waals surface area contributed by atoms with Gasteiger partial charge in [-0.1, -0.05) is 0 Å². The van der Waals surface area contributed by atoms with Crippen LogP contribution in [0.4, 0.5) is 5.82 Å². The van der Waals surface area contributed by atoms with Crippen LogP contribution in [-0.4, -0.2) is 72.2 Å². The predicted molar refractivity (Wildman–Crippen MR) is 108 cm³/mol. The van der Waals surface area contributed by atoms with Gasteiger partial charge in [0.1, 0.15) is 18.5 Å². The third-order valence-electron chi connectivity index (χ3n) is 4.93. The molecule has 1 fully saturated rings. The van der Waals surface area contributed by atoms with Crippen molar-refractivity contribution in [2.75, 3.05) is 11.1 Å². The minimum Gasteiger partial charge on any atom is -0.388 e. The van der Waals surface area contributed by atoms with Gasteiger partial charge in [0.25, 0.3) is 0 Å². The number of anilines is 1. The smallest absolute Gasteiger partial charge is 0.209 e. The Balaban J connectivity index is 1.54. The van der Waals surface area contributed by atoms with Gasteiger partial charge in [0, 0.05) is 6.20 Å². The number of aliphatic hydroxyl groups is 2. The van der Waals surface area contributed by atoms with E-state index in [1.807, 2.05) is 6.92 Å². The average molecular weight is 450 g/mol. The van der Waals surface area contributed by atoms with Gasteiger partial charge < -0.3 is 20.3 Å². The zero-order valence-electron chi connectivity index (χ0n) is 16.5. The number of primary sulfonamides is 1. The number of nitrogens with one attached hydrogen (secondary N) is 1. The molecule has 14 heteroatoms. The first kappa shape index (κ1) is 21.5. The molecule has 0 spiro atoms. The van der Waals surface area contributed by atoms with E-state index in [1.54, 1.807) is 12.4 Å². The molecule has 31 heavy (non-hydrogen) atoms. The lowest BCUT2D eigenvalue weighted by Gasteiger charge is -2.16. The molecule has 0 radical (unpaired) electrons. The van der Waals surface area contributed by atoms with Crippen molar-refractivity contribution < 1.29 is 23.4 Å². The molecule has 4 rings (SSSR count). The molecule has 4 heterocycles. The fourth-order valence-electron chi connectivity index (χ4n) is 3.33. The molecular weight excluding hydrogens is 428 g/mol. The van der Waals surface area contributed by atoms with Gasteiger partial charge in [0.2, 0.25) is 10.0 Å². The van der Waals surface area contributed by atoms with Gasteiger partial charge in [-0.25, -0.2) is 28.5 Å². The van der Waals surface area contributed by atoms with Crippen molar-refractivity contribution in [3.63, 3.8) is 0 Å². The number of rotatable bonds is 7. The summed E-state index contributed by atoms with van der Waals surface area (Å²) in [6, 6.07) is 0. The number of fused-ring (bicyclic) bond motifs is 1. The summed E-state index contributed by atoms with van der Waals surface area (Å²) in [6.07, 6.45) is 1.51. The molecule has 0 amide bonds. The van der Waals surface area contributed by atoms with Crippen molar-refractivity contribution in [3.05, 3.63) is 36.4 Å². The summed E-state index contributed by atoms with van der Waals surface area (Å²) in [5.41, 5.74) is 2.33. The third kappa shape index (κ3) is 4.62. The normalized spacial score (nSPS) is 24.0. The third-order valence-corrected chi connectivity index (χ3v) is 5.73. The summed E-state index contributed by atoms with van der Waals surface area (Å²) in [6.45, 7) is 2.21. The lowest BCUT2D eigenvalue weighted by atomic mass is 10.1. The summed E-state index contributed by atoms with van der Waals surface area (Å²) < 4.78 is 29.6. The molecule has 4 atom stereocenters. The van der Waals surface area contributed by atoms with Crippen LogP contribution >= 0.6 is 0 Å². The summed E-state index contributed by atoms with van der Waals surface area (Å²) >= 11 is 0. The second kappa shape index (κ2) is 8.39. The van der Waals surface area contributed by atoms with Crippen LogP contribution in [0.2, 0.25) is 0 Å². The van der Waals surface area contributed by atoms with Crippen LogP contribution in [0.25, 0.3) is 11.2 Å². The first-order valence-electron chi connectivity index (χ1n) is 9.44. The van der Waals surface area contributed by atoms with E-state index >= 15 is 0 Å². The highest BCUT2D eigenvalue weighted by atomic mass is 32.2. The Morgan fingerprint density at radius 3 is 2.68 bits per heavy atom. The summed E-state index contributed by atoms with van der Waals surface area (Å²) in [7, 11) is -3.73. The number of sulfonamides is 1. The highest BCUT2D eigenvalue weighted by Gasteiger charge is 2.44. The highest BCUT2D eigenvalue weighted by molar-refractivity contribution is 7.89. The Labute approximate surface area is 177 Å². The first-order chi connectivity index (χ1) is 14.7. The molecule has 5 N–H and O–H groups in total. The van der Waals surface area contributed by atoms with Gasteiger partial charge >= 0.3 is 0 Å². The maximum atomic E-state index is 11.2. The van der Waals surface area contributed by atoms with Crippen molar-refractivity contribution in [1.82, 2.24) is 29.5 Å². The fraction of sp³-hybridized carbons (Fsp3) is 0.471. The Kier molecular flexibility index (Phi) is 5.81. The molecule has 0 bridgehead atoms. The Bertz CT molecular complexity index is 1170. The second-order valence-corrected chi connectivity index (χ2v) is 8.98. The molecule has 166 valence electrons. The van der Waals surface area contributed by atoms with E-state index in [2.05, 4.69) is 30.2 Å². The minimum atomic E-state index is -3.73. The quantitative estimate of drug-likeness (QED) is 0.339. The van der Waals surface area contributed by atoms with Crippen LogP contribution in [0, 0.1) is 6.92 Å². The molecule has 1 saturated heterocycles. The maximum Gasteiger partial charge on any atom is 0.209 e. The Morgan fingerprint density at radius 2 is 1.97 bits per heavy atom. The number of hydrogen-bond acceptors (Lipinski definition) is 11. The topological polar surface area (TPSA) is 191 Å². The summed E-state index contributed by atoms with van der Waals surface area (Å²) in [5.74, 6) is 0.0710. The minimum absolute atomic E-state index is 0.0560. The number of hydrogen-bond donors (Lipinski definition) is 4. The van der Waals surface area contributed by atoms with Crippen LogP contribution in [-0.2, 0) is 21.3 Å². The largest absolute Gasteiger partial charge is 0.388 e. The van der Waals surface area contributed by atoms with E-state index in [4.69, 9.17) is 9.88 Å². The first-order valence-corrected chi connectivity index (χ1v) is 11.2. The molecule has 13 nitrogen and oxygen atoms in total. The standard InChI is InChI=1S/C17H22N8O5S/c1-9-4-20-10(5-19-9)6-21-15-12-16(23-7-22-15)25(8-24-12)17-14(27)13(26)11(30-17)2-3-31(18,28)29/h4-5,7-8,11,13-14,17,26-27H,2-3,6H2,1H3,(H2,18,28,29)(H,21,22,23)/t11-,13-,14-,17-/m1/s1. The lowest BCUT2D eigenvalue weighted by molar-refractivity contribution is -0.0353. The van der Waals surface area contributed by atoms with E-state index in [1.165, 1.54) is 17.2 Å². The van der Waals surface area contributed by atoms with Gasteiger partial charge in [0.15, 0.2) is 23.2 Å². The van der Waals surface area contributed by atoms with Gasteiger partial charge in [-0.2, -0.15) is 0 Å². The molecule has 0 saturated carbocycles. The average Bonchev–Trinajstić information content (AvgIpc) is 3.27. The number of aliphatic hydroxyl groups excluding tert-OH is 2. The molecule has 1 aliphatic rings. The van der Waals surface area contributed by atoms with Gasteiger partial charge in [-0.15, -0.1) is 0 Å². The number of aryl methyl sites for hydroxylation is 1. The van der Waals surface area contributed by atoms with Crippen LogP contribution in [0.3, 0.4) is 0 Å². The SMILES string of the molecule is Cc1cnc(CNc2ncnc3c2ncn3[C@@H]2O[C@H](CCS(N)(=O)=O)[C@@H](O)[C@H]2O)cn1. The number of ether oxygens (including phenoxy) is 1. The van der Waals surface area contributed by atoms with Gasteiger partial charge in [-0.3, -0.25) is 14.5 Å². The highest BCUT2D eigenvalue weighted by Crippen LogP contribution is 2.33. The molecular formula is C17H22N8O5S. The van der Waals surface area contributed by atoms with E-state index in [-0.39, 0.29) is 12.2 Å². The summed E-state index contributed by atoms with van der Waals surface area (Å²) in [5, 5.41) is 28.9. The molecule has 0 aromatic carbocycles. The fourth-order valence-corrected chi connectivity index (χ4v) is 3.89. The van der Waals surface area contributed by atoms with Crippen LogP contribution in [0.15, 0.2) is 25.0 Å². The number of imidazole rings is 1. The predicted octanol–water partition coefficient (Wildman–Crippen LogP) is -1.17. The van der Waals surface area contributed by atoms with Crippen molar-refractivity contribution in [2.24, 2.45) is 5.14 Å². The van der Waals surface area contributed by atoms with E-state index in [9.17, 15) is 18.6 Å². The zero-order valence-corrected chi connectivity index (χ0v) is 17.3. The number of aromatic nitrogens is 6. The van der Waals surface area contributed by atoms with Crippen LogP contribution in [0.5, 0.6) is 0 Å². The maximum absolute atomic E-state index is 11.2. The molecule has 3 aromatic rings. The second-order valence-electron chi connectivity index (χ2n) is 7.25. The zero-order chi connectivity index (χ0) is 22.2. The molecule has 0 aliphatic carbocycles. The Morgan fingerprint density at radius 1 is 1.16 bits per heavy atom. The summed E-state index contributed by atoms with van der Waals surface area (Å²) in [4.78, 5) is 21.2. The molecule has 0 unspecified atom stereocenters. The van der Waals surface area contributed by atoms with Crippen molar-refractivity contribution in [1.29, 1.82) is 0 Å². The monoisotopic (exact) mass is 450 g/mol. The van der Waals surface area contributed by atoms with Gasteiger partial charge in [-0.05, 0) is 13.3 Å².